The Bertz CT molecular complexity index is 358. The molecule has 0 spiro atoms. The minimum Gasteiger partial charge on any atom is -0.312 e. The second-order valence-corrected chi connectivity index (χ2v) is 6.29. The van der Waals surface area contributed by atoms with Gasteiger partial charge in [0.05, 0.1) is 0 Å². The highest BCUT2D eigenvalue weighted by Crippen LogP contribution is 2.17. The summed E-state index contributed by atoms with van der Waals surface area (Å²) in [7, 11) is 0. The lowest BCUT2D eigenvalue weighted by atomic mass is 10.1. The monoisotopic (exact) mass is 301 g/mol. The van der Waals surface area contributed by atoms with Crippen molar-refractivity contribution in [3.63, 3.8) is 0 Å². The molecule has 1 rings (SSSR count). The molecule has 0 unspecified atom stereocenters. The van der Waals surface area contributed by atoms with Gasteiger partial charge in [-0.05, 0) is 70.3 Å². The number of unbranched alkanes of at least 4 members (excludes halogenated alkanes) is 1. The average molecular weight is 302 g/mol. The summed E-state index contributed by atoms with van der Waals surface area (Å²) in [5.41, 5.74) is 0.969. The molecule has 1 nitrogen and oxygen atoms in total. The third-order valence-corrected chi connectivity index (χ3v) is 3.03. The van der Waals surface area contributed by atoms with Crippen LogP contribution < -0.4 is 5.32 Å². The summed E-state index contributed by atoms with van der Waals surface area (Å²) >= 11 is 3.37. The van der Waals surface area contributed by atoms with E-state index in [-0.39, 0.29) is 11.4 Å². The van der Waals surface area contributed by atoms with E-state index in [1.807, 2.05) is 6.07 Å². The third-order valence-electron chi connectivity index (χ3n) is 2.54. The minimum atomic E-state index is -0.100. The van der Waals surface area contributed by atoms with Crippen molar-refractivity contribution in [2.75, 3.05) is 6.54 Å². The molecular weight excluding hydrogens is 281 g/mol. The molecule has 17 heavy (non-hydrogen) atoms. The molecule has 0 aliphatic rings. The van der Waals surface area contributed by atoms with E-state index in [1.54, 1.807) is 6.07 Å². The molecule has 1 N–H and O–H groups in total. The quantitative estimate of drug-likeness (QED) is 0.800. The van der Waals surface area contributed by atoms with Crippen LogP contribution in [0.1, 0.15) is 39.2 Å². The fourth-order valence-corrected chi connectivity index (χ4v) is 2.05. The van der Waals surface area contributed by atoms with Gasteiger partial charge in [-0.3, -0.25) is 0 Å². The molecule has 1 aromatic rings. The molecule has 0 bridgehead atoms. The maximum absolute atomic E-state index is 13.4. The van der Waals surface area contributed by atoms with Crippen LogP contribution in [0.5, 0.6) is 0 Å². The van der Waals surface area contributed by atoms with Gasteiger partial charge >= 0.3 is 0 Å². The van der Waals surface area contributed by atoms with Crippen LogP contribution in [0, 0.1) is 5.82 Å². The van der Waals surface area contributed by atoms with E-state index >= 15 is 0 Å². The van der Waals surface area contributed by atoms with Crippen LogP contribution in [0.25, 0.3) is 0 Å². The van der Waals surface area contributed by atoms with Gasteiger partial charge in [-0.2, -0.15) is 0 Å². The largest absolute Gasteiger partial charge is 0.312 e. The van der Waals surface area contributed by atoms with E-state index in [1.165, 1.54) is 6.07 Å². The normalized spacial score (nSPS) is 11.8. The summed E-state index contributed by atoms with van der Waals surface area (Å²) in [6.45, 7) is 7.45. The molecule has 0 fully saturated rings. The van der Waals surface area contributed by atoms with E-state index in [9.17, 15) is 4.39 Å². The molecule has 0 heterocycles. The van der Waals surface area contributed by atoms with E-state index in [2.05, 4.69) is 42.0 Å². The number of halogens is 2. The van der Waals surface area contributed by atoms with E-state index < -0.39 is 0 Å². The Morgan fingerprint density at radius 3 is 2.59 bits per heavy atom. The Morgan fingerprint density at radius 1 is 1.24 bits per heavy atom. The maximum atomic E-state index is 13.4. The van der Waals surface area contributed by atoms with Gasteiger partial charge in [-0.15, -0.1) is 0 Å². The van der Waals surface area contributed by atoms with Crippen LogP contribution in [-0.4, -0.2) is 12.1 Å². The van der Waals surface area contributed by atoms with Crippen LogP contribution >= 0.6 is 15.9 Å². The number of benzene rings is 1. The number of aryl methyl sites for hydroxylation is 1. The summed E-state index contributed by atoms with van der Waals surface area (Å²) in [5, 5.41) is 3.43. The summed E-state index contributed by atoms with van der Waals surface area (Å²) in [6.07, 6.45) is 2.89. The van der Waals surface area contributed by atoms with Gasteiger partial charge in [-0.25, -0.2) is 4.39 Å². The predicted molar refractivity (Wildman–Crippen MR) is 74.8 cm³/mol. The molecule has 0 radical (unpaired) electrons. The number of nitrogens with one attached hydrogen (secondary N) is 1. The van der Waals surface area contributed by atoms with Gasteiger partial charge in [0.2, 0.25) is 0 Å². The van der Waals surface area contributed by atoms with E-state index in [0.717, 1.165) is 35.8 Å². The Morgan fingerprint density at radius 2 is 1.94 bits per heavy atom. The summed E-state index contributed by atoms with van der Waals surface area (Å²) < 4.78 is 14.4. The van der Waals surface area contributed by atoms with E-state index in [4.69, 9.17) is 0 Å². The number of rotatable bonds is 5. The SMILES string of the molecule is CC(C)(C)NCCCCc1cc(Br)ccc1F. The fraction of sp³-hybridized carbons (Fsp3) is 0.571. The van der Waals surface area contributed by atoms with Crippen molar-refractivity contribution in [3.05, 3.63) is 34.1 Å². The molecule has 3 heteroatoms. The van der Waals surface area contributed by atoms with Crippen molar-refractivity contribution >= 4 is 15.9 Å². The van der Waals surface area contributed by atoms with Crippen LogP contribution in [0.15, 0.2) is 22.7 Å². The zero-order valence-electron chi connectivity index (χ0n) is 10.8. The van der Waals surface area contributed by atoms with Gasteiger partial charge < -0.3 is 5.32 Å². The zero-order chi connectivity index (χ0) is 12.9. The van der Waals surface area contributed by atoms with Crippen LogP contribution in [0.2, 0.25) is 0 Å². The van der Waals surface area contributed by atoms with E-state index in [0.29, 0.717) is 0 Å². The van der Waals surface area contributed by atoms with Crippen molar-refractivity contribution in [2.45, 2.75) is 45.6 Å². The van der Waals surface area contributed by atoms with Crippen molar-refractivity contribution in [1.82, 2.24) is 5.32 Å². The maximum Gasteiger partial charge on any atom is 0.126 e. The van der Waals surface area contributed by atoms with Crippen LogP contribution in [-0.2, 0) is 6.42 Å². The van der Waals surface area contributed by atoms with Gasteiger partial charge in [0, 0.05) is 10.0 Å². The topological polar surface area (TPSA) is 12.0 Å². The second kappa shape index (κ2) is 6.50. The first-order valence-electron chi connectivity index (χ1n) is 6.07. The molecule has 0 aromatic heterocycles. The summed E-state index contributed by atoms with van der Waals surface area (Å²) in [4.78, 5) is 0. The molecule has 0 saturated heterocycles. The minimum absolute atomic E-state index is 0.100. The lowest BCUT2D eigenvalue weighted by Gasteiger charge is -2.20. The highest BCUT2D eigenvalue weighted by Gasteiger charge is 2.07. The zero-order valence-corrected chi connectivity index (χ0v) is 12.4. The first-order chi connectivity index (χ1) is 7.88. The van der Waals surface area contributed by atoms with Crippen molar-refractivity contribution in [3.8, 4) is 0 Å². The van der Waals surface area contributed by atoms with Crippen molar-refractivity contribution in [2.24, 2.45) is 0 Å². The molecule has 0 amide bonds. The van der Waals surface area contributed by atoms with Gasteiger partial charge in [-0.1, -0.05) is 15.9 Å². The summed E-state index contributed by atoms with van der Waals surface area (Å²) in [5.74, 6) is -0.100. The molecule has 0 saturated carbocycles. The number of hydrogen-bond acceptors (Lipinski definition) is 1. The first kappa shape index (κ1) is 14.7. The second-order valence-electron chi connectivity index (χ2n) is 5.37. The standard InChI is InChI=1S/C14H21BrFN/c1-14(2,3)17-9-5-4-6-11-10-12(15)7-8-13(11)16/h7-8,10,17H,4-6,9H2,1-3H3. The smallest absolute Gasteiger partial charge is 0.126 e. The Hall–Kier alpha value is -0.410. The first-order valence-corrected chi connectivity index (χ1v) is 6.87. The molecule has 96 valence electrons. The highest BCUT2D eigenvalue weighted by molar-refractivity contribution is 9.10. The summed E-state index contributed by atoms with van der Waals surface area (Å²) in [6, 6.07) is 5.12. The highest BCUT2D eigenvalue weighted by atomic mass is 79.9. The van der Waals surface area contributed by atoms with Gasteiger partial charge in [0.1, 0.15) is 5.82 Å². The fourth-order valence-electron chi connectivity index (χ4n) is 1.64. The molecule has 0 aliphatic carbocycles. The lowest BCUT2D eigenvalue weighted by Crippen LogP contribution is -2.36. The van der Waals surface area contributed by atoms with Crippen molar-refractivity contribution in [1.29, 1.82) is 0 Å². The number of hydrogen-bond donors (Lipinski definition) is 1. The average Bonchev–Trinajstić information content (AvgIpc) is 2.21. The predicted octanol–water partition coefficient (Wildman–Crippen LogP) is 4.30. The van der Waals surface area contributed by atoms with Crippen molar-refractivity contribution < 1.29 is 4.39 Å². The molecule has 0 aliphatic heterocycles. The third kappa shape index (κ3) is 6.18. The van der Waals surface area contributed by atoms with Crippen LogP contribution in [0.4, 0.5) is 4.39 Å². The molecule has 0 atom stereocenters. The molecular formula is C14H21BrFN. The molecule has 1 aromatic carbocycles. The Balaban J connectivity index is 2.29. The Kier molecular flexibility index (Phi) is 5.60. The van der Waals surface area contributed by atoms with Gasteiger partial charge in [0.15, 0.2) is 0 Å². The van der Waals surface area contributed by atoms with Crippen LogP contribution in [0.3, 0.4) is 0 Å². The Labute approximate surface area is 112 Å². The van der Waals surface area contributed by atoms with Gasteiger partial charge in [0.25, 0.3) is 0 Å². The lowest BCUT2D eigenvalue weighted by molar-refractivity contribution is 0.418.